The van der Waals surface area contributed by atoms with E-state index in [0.717, 1.165) is 33.2 Å². The third kappa shape index (κ3) is 3.56. The molecule has 0 spiro atoms. The molecule has 1 unspecified atom stereocenters. The van der Waals surface area contributed by atoms with Gasteiger partial charge < -0.3 is 9.84 Å². The standard InChI is InChI=1S/C25H21BrFNO4/c1-25(23(29)30,21-13-15(26)11-12-22(21)27)28(2)24(31)32-14-20-18-9-5-3-7-16(18)17-8-4-6-10-19(17)20/h3-13,20H,14H2,1-2H3,(H,29,30). The van der Waals surface area contributed by atoms with Crippen LogP contribution in [-0.2, 0) is 15.1 Å². The van der Waals surface area contributed by atoms with Gasteiger partial charge in [0.05, 0.1) is 0 Å². The molecule has 3 aromatic rings. The van der Waals surface area contributed by atoms with E-state index in [1.165, 1.54) is 26.1 Å². The molecular formula is C25H21BrFNO4. The summed E-state index contributed by atoms with van der Waals surface area (Å²) in [6.45, 7) is 1.31. The number of carboxylic acid groups (broad SMARTS) is 1. The molecule has 1 amide bonds. The second-order valence-corrected chi connectivity index (χ2v) is 8.78. The van der Waals surface area contributed by atoms with Crippen LogP contribution in [0.4, 0.5) is 9.18 Å². The van der Waals surface area contributed by atoms with E-state index in [9.17, 15) is 19.1 Å². The van der Waals surface area contributed by atoms with E-state index in [0.29, 0.717) is 4.47 Å². The van der Waals surface area contributed by atoms with E-state index in [2.05, 4.69) is 15.9 Å². The molecule has 1 atom stereocenters. The van der Waals surface area contributed by atoms with Crippen molar-refractivity contribution in [3.63, 3.8) is 0 Å². The van der Waals surface area contributed by atoms with Gasteiger partial charge in [0.2, 0.25) is 0 Å². The number of amides is 1. The van der Waals surface area contributed by atoms with Crippen LogP contribution in [0.5, 0.6) is 0 Å². The van der Waals surface area contributed by atoms with Crippen LogP contribution in [0.3, 0.4) is 0 Å². The minimum absolute atomic E-state index is 0.0356. The fraction of sp³-hybridized carbons (Fsp3) is 0.200. The minimum atomic E-state index is -1.96. The number of hydrogen-bond donors (Lipinski definition) is 1. The largest absolute Gasteiger partial charge is 0.479 e. The van der Waals surface area contributed by atoms with E-state index in [-0.39, 0.29) is 18.1 Å². The number of ether oxygens (including phenoxy) is 1. The Morgan fingerprint density at radius 3 is 2.19 bits per heavy atom. The molecule has 1 N–H and O–H groups in total. The number of aliphatic carboxylic acids is 1. The first-order valence-corrected chi connectivity index (χ1v) is 10.8. The molecule has 0 fully saturated rings. The van der Waals surface area contributed by atoms with Gasteiger partial charge in [0.15, 0.2) is 5.54 Å². The zero-order chi connectivity index (χ0) is 23.0. The maximum Gasteiger partial charge on any atom is 0.410 e. The summed E-state index contributed by atoms with van der Waals surface area (Å²) in [7, 11) is 1.30. The topological polar surface area (TPSA) is 66.8 Å². The Kier molecular flexibility index (Phi) is 5.77. The molecule has 0 saturated heterocycles. The van der Waals surface area contributed by atoms with Crippen LogP contribution in [0.2, 0.25) is 0 Å². The van der Waals surface area contributed by atoms with Crippen molar-refractivity contribution in [1.29, 1.82) is 0 Å². The van der Waals surface area contributed by atoms with Gasteiger partial charge in [-0.25, -0.2) is 14.0 Å². The number of carbonyl (C=O) groups is 2. The Hall–Kier alpha value is -3.19. The quantitative estimate of drug-likeness (QED) is 0.485. The highest BCUT2D eigenvalue weighted by Crippen LogP contribution is 2.44. The number of hydrogen-bond acceptors (Lipinski definition) is 3. The maximum atomic E-state index is 14.5. The van der Waals surface area contributed by atoms with Gasteiger partial charge in [0.1, 0.15) is 12.4 Å². The molecule has 0 heterocycles. The lowest BCUT2D eigenvalue weighted by molar-refractivity contribution is -0.149. The van der Waals surface area contributed by atoms with Gasteiger partial charge in [0.25, 0.3) is 0 Å². The zero-order valence-corrected chi connectivity index (χ0v) is 19.1. The molecule has 0 bridgehead atoms. The molecule has 5 nitrogen and oxygen atoms in total. The van der Waals surface area contributed by atoms with E-state index in [1.54, 1.807) is 0 Å². The number of carboxylic acids is 1. The summed E-state index contributed by atoms with van der Waals surface area (Å²) >= 11 is 3.24. The number of rotatable bonds is 5. The number of carbonyl (C=O) groups excluding carboxylic acids is 1. The van der Waals surface area contributed by atoms with Crippen molar-refractivity contribution in [3.05, 3.63) is 93.7 Å². The average Bonchev–Trinajstić information content (AvgIpc) is 3.11. The molecule has 1 aliphatic rings. The van der Waals surface area contributed by atoms with Crippen molar-refractivity contribution < 1.29 is 23.8 Å². The molecule has 164 valence electrons. The first kappa shape index (κ1) is 22.0. The Labute approximate surface area is 193 Å². The molecule has 0 saturated carbocycles. The average molecular weight is 498 g/mol. The van der Waals surface area contributed by atoms with Crippen molar-refractivity contribution >= 4 is 28.0 Å². The lowest BCUT2D eigenvalue weighted by Crippen LogP contribution is -2.51. The minimum Gasteiger partial charge on any atom is -0.479 e. The van der Waals surface area contributed by atoms with E-state index < -0.39 is 23.4 Å². The summed E-state index contributed by atoms with van der Waals surface area (Å²) in [5, 5.41) is 9.93. The van der Waals surface area contributed by atoms with Crippen LogP contribution in [0, 0.1) is 5.82 Å². The van der Waals surface area contributed by atoms with Crippen molar-refractivity contribution in [3.8, 4) is 11.1 Å². The summed E-state index contributed by atoms with van der Waals surface area (Å²) in [4.78, 5) is 26.1. The summed E-state index contributed by atoms with van der Waals surface area (Å²) < 4.78 is 20.6. The highest BCUT2D eigenvalue weighted by molar-refractivity contribution is 9.10. The number of benzene rings is 3. The lowest BCUT2D eigenvalue weighted by atomic mass is 9.90. The second-order valence-electron chi connectivity index (χ2n) is 7.86. The van der Waals surface area contributed by atoms with Crippen LogP contribution in [0.1, 0.15) is 29.5 Å². The number of nitrogens with zero attached hydrogens (tertiary/aromatic N) is 1. The first-order chi connectivity index (χ1) is 15.2. The molecule has 4 rings (SSSR count). The van der Waals surface area contributed by atoms with Crippen LogP contribution in [0.15, 0.2) is 71.2 Å². The van der Waals surface area contributed by atoms with E-state index in [1.807, 2.05) is 48.5 Å². The van der Waals surface area contributed by atoms with Gasteiger partial charge in [-0.1, -0.05) is 64.5 Å². The molecule has 1 aliphatic carbocycles. The predicted molar refractivity (Wildman–Crippen MR) is 122 cm³/mol. The monoisotopic (exact) mass is 497 g/mol. The van der Waals surface area contributed by atoms with Gasteiger partial charge in [-0.15, -0.1) is 0 Å². The first-order valence-electron chi connectivity index (χ1n) is 10.0. The maximum absolute atomic E-state index is 14.5. The Morgan fingerprint density at radius 1 is 1.06 bits per heavy atom. The van der Waals surface area contributed by atoms with Crippen molar-refractivity contribution in [1.82, 2.24) is 4.90 Å². The predicted octanol–water partition coefficient (Wildman–Crippen LogP) is 5.77. The van der Waals surface area contributed by atoms with Gasteiger partial charge in [-0.05, 0) is 47.4 Å². The van der Waals surface area contributed by atoms with E-state index in [4.69, 9.17) is 4.74 Å². The summed E-state index contributed by atoms with van der Waals surface area (Å²) in [6.07, 6.45) is -0.851. The van der Waals surface area contributed by atoms with Crippen LogP contribution >= 0.6 is 15.9 Å². The third-order valence-electron chi connectivity index (χ3n) is 6.15. The van der Waals surface area contributed by atoms with Crippen LogP contribution in [0.25, 0.3) is 11.1 Å². The highest BCUT2D eigenvalue weighted by atomic mass is 79.9. The fourth-order valence-electron chi connectivity index (χ4n) is 4.18. The summed E-state index contributed by atoms with van der Waals surface area (Å²) in [5.74, 6) is -2.26. The number of likely N-dealkylation sites (N-methyl/N-ethyl adjacent to an activating group) is 1. The normalized spacial score (nSPS) is 14.2. The molecule has 3 aromatic carbocycles. The second kappa shape index (κ2) is 8.39. The van der Waals surface area contributed by atoms with E-state index >= 15 is 0 Å². The zero-order valence-electron chi connectivity index (χ0n) is 17.5. The number of halogens is 2. The number of fused-ring (bicyclic) bond motifs is 3. The van der Waals surface area contributed by atoms with Gasteiger partial charge in [-0.3, -0.25) is 4.90 Å². The molecule has 0 radical (unpaired) electrons. The Balaban J connectivity index is 1.60. The van der Waals surface area contributed by atoms with Crippen molar-refractivity contribution in [2.75, 3.05) is 13.7 Å². The molecule has 0 aliphatic heterocycles. The van der Waals surface area contributed by atoms with Gasteiger partial charge in [-0.2, -0.15) is 0 Å². The molecule has 7 heteroatoms. The summed E-state index contributed by atoms with van der Waals surface area (Å²) in [5.41, 5.74) is 2.16. The highest BCUT2D eigenvalue weighted by Gasteiger charge is 2.45. The lowest BCUT2D eigenvalue weighted by Gasteiger charge is -2.35. The Bertz CT molecular complexity index is 1170. The smallest absolute Gasteiger partial charge is 0.410 e. The third-order valence-corrected chi connectivity index (χ3v) is 6.64. The summed E-state index contributed by atoms with van der Waals surface area (Å²) in [6, 6.07) is 19.8. The molecule has 0 aromatic heterocycles. The van der Waals surface area contributed by atoms with Crippen molar-refractivity contribution in [2.45, 2.75) is 18.4 Å². The SMILES string of the molecule is CN(C(=O)OCC1c2ccccc2-c2ccccc21)C(C)(C(=O)O)c1cc(Br)ccc1F. The Morgan fingerprint density at radius 2 is 1.62 bits per heavy atom. The van der Waals surface area contributed by atoms with Gasteiger partial charge in [0, 0.05) is 23.0 Å². The van der Waals surface area contributed by atoms with Crippen LogP contribution < -0.4 is 0 Å². The van der Waals surface area contributed by atoms with Gasteiger partial charge >= 0.3 is 12.1 Å². The van der Waals surface area contributed by atoms with Crippen molar-refractivity contribution in [2.24, 2.45) is 0 Å². The molecular weight excluding hydrogens is 477 g/mol. The fourth-order valence-corrected chi connectivity index (χ4v) is 4.54. The van der Waals surface area contributed by atoms with Crippen LogP contribution in [-0.4, -0.2) is 35.7 Å². The molecule has 32 heavy (non-hydrogen) atoms.